The highest BCUT2D eigenvalue weighted by molar-refractivity contribution is 5.65. The Morgan fingerprint density at radius 2 is 2.06 bits per heavy atom. The summed E-state index contributed by atoms with van der Waals surface area (Å²) in [6.07, 6.45) is 1.09. The van der Waals surface area contributed by atoms with Crippen LogP contribution in [0.4, 0.5) is 11.5 Å². The smallest absolute Gasteiger partial charge is 0.147 e. The molecule has 1 heterocycles. The first-order valence-electron chi connectivity index (χ1n) is 6.14. The van der Waals surface area contributed by atoms with E-state index >= 15 is 0 Å². The van der Waals surface area contributed by atoms with E-state index in [-0.39, 0.29) is 0 Å². The Hall–Kier alpha value is -1.23. The van der Waals surface area contributed by atoms with Gasteiger partial charge in [0.25, 0.3) is 0 Å². The van der Waals surface area contributed by atoms with Crippen molar-refractivity contribution in [2.24, 2.45) is 7.05 Å². The van der Waals surface area contributed by atoms with E-state index in [2.05, 4.69) is 43.3 Å². The Morgan fingerprint density at radius 3 is 2.53 bits per heavy atom. The van der Waals surface area contributed by atoms with Crippen LogP contribution < -0.4 is 11.1 Å². The van der Waals surface area contributed by atoms with E-state index in [1.807, 2.05) is 11.7 Å². The van der Waals surface area contributed by atoms with Crippen LogP contribution in [0.3, 0.4) is 0 Å². The maximum absolute atomic E-state index is 6.09. The van der Waals surface area contributed by atoms with Gasteiger partial charge in [-0.2, -0.15) is 5.10 Å². The number of nitrogens with two attached hydrogens (primary N) is 1. The standard InChI is InChI=1S/C12H25N5/c1-9(2)11-10(13)12(17(5)15-11)14-7-6-8-16(3)4/h9,14H,6-8,13H2,1-5H3. The van der Waals surface area contributed by atoms with Gasteiger partial charge in [-0.3, -0.25) is 4.68 Å². The highest BCUT2D eigenvalue weighted by Gasteiger charge is 2.15. The van der Waals surface area contributed by atoms with Crippen LogP contribution in [0.15, 0.2) is 0 Å². The molecule has 1 aromatic heterocycles. The molecule has 0 saturated heterocycles. The molecular weight excluding hydrogens is 214 g/mol. The molecule has 0 aliphatic rings. The monoisotopic (exact) mass is 239 g/mol. The lowest BCUT2D eigenvalue weighted by Gasteiger charge is -2.11. The zero-order valence-electron chi connectivity index (χ0n) is 11.6. The van der Waals surface area contributed by atoms with Crippen molar-refractivity contribution in [3.8, 4) is 0 Å². The normalized spacial score (nSPS) is 11.5. The van der Waals surface area contributed by atoms with E-state index in [4.69, 9.17) is 5.73 Å². The van der Waals surface area contributed by atoms with Gasteiger partial charge in [-0.25, -0.2) is 0 Å². The van der Waals surface area contributed by atoms with E-state index < -0.39 is 0 Å². The number of rotatable bonds is 6. The SMILES string of the molecule is CC(C)c1nn(C)c(NCCCN(C)C)c1N. The van der Waals surface area contributed by atoms with Gasteiger partial charge in [0.2, 0.25) is 0 Å². The summed E-state index contributed by atoms with van der Waals surface area (Å²) in [5, 5.41) is 7.80. The van der Waals surface area contributed by atoms with E-state index in [9.17, 15) is 0 Å². The first kappa shape index (κ1) is 13.8. The van der Waals surface area contributed by atoms with Gasteiger partial charge in [0.05, 0.1) is 11.4 Å². The van der Waals surface area contributed by atoms with Crippen molar-refractivity contribution in [2.75, 3.05) is 38.2 Å². The Bertz CT molecular complexity index is 354. The summed E-state index contributed by atoms with van der Waals surface area (Å²) in [4.78, 5) is 2.17. The molecule has 0 amide bonds. The molecule has 1 rings (SSSR count). The molecule has 0 bridgehead atoms. The van der Waals surface area contributed by atoms with Crippen molar-refractivity contribution in [3.05, 3.63) is 5.69 Å². The average molecular weight is 239 g/mol. The van der Waals surface area contributed by atoms with Gasteiger partial charge < -0.3 is 16.0 Å². The third-order valence-electron chi connectivity index (χ3n) is 2.73. The van der Waals surface area contributed by atoms with Crippen LogP contribution in [0.2, 0.25) is 0 Å². The second kappa shape index (κ2) is 5.91. The molecule has 0 radical (unpaired) electrons. The zero-order valence-corrected chi connectivity index (χ0v) is 11.6. The molecular formula is C12H25N5. The Balaban J connectivity index is 2.59. The minimum atomic E-state index is 0.360. The zero-order chi connectivity index (χ0) is 13.0. The molecule has 0 saturated carbocycles. The summed E-state index contributed by atoms with van der Waals surface area (Å²) in [5.41, 5.74) is 7.85. The molecule has 5 nitrogen and oxygen atoms in total. The molecule has 0 unspecified atom stereocenters. The number of anilines is 2. The summed E-state index contributed by atoms with van der Waals surface area (Å²) < 4.78 is 1.83. The molecule has 0 aliphatic heterocycles. The van der Waals surface area contributed by atoms with Crippen LogP contribution in [-0.2, 0) is 7.05 Å². The van der Waals surface area contributed by atoms with Gasteiger partial charge in [0.1, 0.15) is 5.82 Å². The maximum Gasteiger partial charge on any atom is 0.147 e. The number of nitrogens with zero attached hydrogens (tertiary/aromatic N) is 3. The highest BCUT2D eigenvalue weighted by atomic mass is 15.3. The Morgan fingerprint density at radius 1 is 1.41 bits per heavy atom. The first-order chi connectivity index (χ1) is 7.93. The molecule has 0 spiro atoms. The van der Waals surface area contributed by atoms with Gasteiger partial charge in [-0.05, 0) is 33.0 Å². The van der Waals surface area contributed by atoms with Crippen LogP contribution in [0.25, 0.3) is 0 Å². The minimum Gasteiger partial charge on any atom is -0.394 e. The molecule has 0 aliphatic carbocycles. The van der Waals surface area contributed by atoms with E-state index in [0.717, 1.165) is 36.7 Å². The third-order valence-corrected chi connectivity index (χ3v) is 2.73. The van der Waals surface area contributed by atoms with Crippen molar-refractivity contribution in [3.63, 3.8) is 0 Å². The molecule has 0 fully saturated rings. The molecule has 0 aromatic carbocycles. The predicted octanol–water partition coefficient (Wildman–Crippen LogP) is 1.49. The van der Waals surface area contributed by atoms with Crippen LogP contribution in [0.1, 0.15) is 31.9 Å². The fraction of sp³-hybridized carbons (Fsp3) is 0.750. The average Bonchev–Trinajstić information content (AvgIpc) is 2.50. The summed E-state index contributed by atoms with van der Waals surface area (Å²) in [6, 6.07) is 0. The Kier molecular flexibility index (Phi) is 4.81. The van der Waals surface area contributed by atoms with Gasteiger partial charge in [0, 0.05) is 13.6 Å². The van der Waals surface area contributed by atoms with Crippen molar-refractivity contribution in [1.29, 1.82) is 0 Å². The maximum atomic E-state index is 6.09. The van der Waals surface area contributed by atoms with Crippen molar-refractivity contribution in [1.82, 2.24) is 14.7 Å². The van der Waals surface area contributed by atoms with Crippen molar-refractivity contribution in [2.45, 2.75) is 26.2 Å². The number of hydrogen-bond acceptors (Lipinski definition) is 4. The van der Waals surface area contributed by atoms with Crippen LogP contribution in [0, 0.1) is 0 Å². The lowest BCUT2D eigenvalue weighted by Crippen LogP contribution is -2.17. The molecule has 17 heavy (non-hydrogen) atoms. The Labute approximate surface area is 104 Å². The van der Waals surface area contributed by atoms with Gasteiger partial charge in [-0.1, -0.05) is 13.8 Å². The van der Waals surface area contributed by atoms with Crippen LogP contribution in [-0.4, -0.2) is 41.9 Å². The summed E-state index contributed by atoms with van der Waals surface area (Å²) in [5.74, 6) is 1.30. The van der Waals surface area contributed by atoms with Crippen LogP contribution >= 0.6 is 0 Å². The number of nitrogen functional groups attached to an aromatic ring is 1. The lowest BCUT2D eigenvalue weighted by atomic mass is 10.1. The molecule has 3 N–H and O–H groups in total. The van der Waals surface area contributed by atoms with Gasteiger partial charge in [-0.15, -0.1) is 0 Å². The van der Waals surface area contributed by atoms with Crippen molar-refractivity contribution >= 4 is 11.5 Å². The summed E-state index contributed by atoms with van der Waals surface area (Å²) >= 11 is 0. The highest BCUT2D eigenvalue weighted by Crippen LogP contribution is 2.27. The van der Waals surface area contributed by atoms with Gasteiger partial charge in [0.15, 0.2) is 0 Å². The lowest BCUT2D eigenvalue weighted by molar-refractivity contribution is 0.405. The van der Waals surface area contributed by atoms with Gasteiger partial charge >= 0.3 is 0 Å². The van der Waals surface area contributed by atoms with E-state index in [1.54, 1.807) is 0 Å². The van der Waals surface area contributed by atoms with Crippen molar-refractivity contribution < 1.29 is 0 Å². The molecule has 1 aromatic rings. The minimum absolute atomic E-state index is 0.360. The quantitative estimate of drug-likeness (QED) is 0.738. The summed E-state index contributed by atoms with van der Waals surface area (Å²) in [7, 11) is 6.08. The third kappa shape index (κ3) is 3.63. The number of nitrogens with one attached hydrogen (secondary N) is 1. The number of hydrogen-bond donors (Lipinski definition) is 2. The molecule has 0 atom stereocenters. The molecule has 5 heteroatoms. The van der Waals surface area contributed by atoms with E-state index in [1.165, 1.54) is 0 Å². The van der Waals surface area contributed by atoms with E-state index in [0.29, 0.717) is 5.92 Å². The first-order valence-corrected chi connectivity index (χ1v) is 6.14. The fourth-order valence-electron chi connectivity index (χ4n) is 1.80. The topological polar surface area (TPSA) is 59.1 Å². The summed E-state index contributed by atoms with van der Waals surface area (Å²) in [6.45, 7) is 6.20. The van der Waals surface area contributed by atoms with Crippen LogP contribution in [0.5, 0.6) is 0 Å². The predicted molar refractivity (Wildman–Crippen MR) is 73.4 cm³/mol. The molecule has 98 valence electrons. The second-order valence-corrected chi connectivity index (χ2v) is 5.01. The number of aromatic nitrogens is 2. The largest absolute Gasteiger partial charge is 0.394 e. The fourth-order valence-corrected chi connectivity index (χ4v) is 1.80. The second-order valence-electron chi connectivity index (χ2n) is 5.01. The number of aryl methyl sites for hydroxylation is 1.